The number of hydrogen-bond acceptors (Lipinski definition) is 1. The zero-order valence-corrected chi connectivity index (χ0v) is 10.00. The summed E-state index contributed by atoms with van der Waals surface area (Å²) in [4.78, 5) is 1.38. The molecule has 1 heteroatoms. The summed E-state index contributed by atoms with van der Waals surface area (Å²) in [5.41, 5.74) is 1.38. The van der Waals surface area contributed by atoms with Gasteiger partial charge < -0.3 is 0 Å². The van der Waals surface area contributed by atoms with Crippen LogP contribution in [0.5, 0.6) is 0 Å². The molecule has 0 amide bonds. The minimum atomic E-state index is 1.33. The van der Waals surface area contributed by atoms with E-state index in [0.717, 1.165) is 0 Å². The number of fused-ring (bicyclic) bond motifs is 4. The Morgan fingerprint density at radius 1 is 0.706 bits per heavy atom. The Hall–Kier alpha value is -1.86. The van der Waals surface area contributed by atoms with Crippen LogP contribution in [0.3, 0.4) is 0 Å². The van der Waals surface area contributed by atoms with Crippen molar-refractivity contribution in [1.29, 1.82) is 0 Å². The average Bonchev–Trinajstić information content (AvgIpc) is 2.73. The summed E-state index contributed by atoms with van der Waals surface area (Å²) in [6.45, 7) is 0. The first kappa shape index (κ1) is 9.20. The van der Waals surface area contributed by atoms with E-state index in [9.17, 15) is 0 Å². The Labute approximate surface area is 103 Å². The molecule has 0 bridgehead atoms. The minimum absolute atomic E-state index is 1.33. The summed E-state index contributed by atoms with van der Waals surface area (Å²) in [7, 11) is 0. The van der Waals surface area contributed by atoms with Gasteiger partial charge in [-0.1, -0.05) is 42.5 Å². The third-order valence-electron chi connectivity index (χ3n) is 3.24. The van der Waals surface area contributed by atoms with Gasteiger partial charge in [-0.2, -0.15) is 0 Å². The Bertz CT molecular complexity index is 789. The van der Waals surface area contributed by atoms with Gasteiger partial charge in [0.1, 0.15) is 0 Å². The molecule has 0 nitrogen and oxygen atoms in total. The highest BCUT2D eigenvalue weighted by Gasteiger charge is 2.10. The normalized spacial score (nSPS) is 11.5. The molecule has 0 spiro atoms. The smallest absolute Gasteiger partial charge is 0.0361 e. The lowest BCUT2D eigenvalue weighted by atomic mass is 10.1. The van der Waals surface area contributed by atoms with Gasteiger partial charge in [0.15, 0.2) is 0 Å². The molecule has 0 fully saturated rings. The van der Waals surface area contributed by atoms with Crippen LogP contribution in [0.15, 0.2) is 60.7 Å². The Balaban J connectivity index is 2.25. The average molecular weight is 234 g/mol. The van der Waals surface area contributed by atoms with Crippen LogP contribution >= 0.6 is 11.3 Å². The molecule has 0 saturated carbocycles. The maximum Gasteiger partial charge on any atom is 0.0361 e. The second-order valence-electron chi connectivity index (χ2n) is 4.29. The van der Waals surface area contributed by atoms with E-state index in [2.05, 4.69) is 60.7 Å². The zero-order valence-electron chi connectivity index (χ0n) is 9.18. The van der Waals surface area contributed by atoms with Crippen LogP contribution in [-0.4, -0.2) is 0 Å². The lowest BCUT2D eigenvalue weighted by Gasteiger charge is -2.02. The summed E-state index contributed by atoms with van der Waals surface area (Å²) in [6, 6.07) is 21.8. The van der Waals surface area contributed by atoms with E-state index < -0.39 is 0 Å². The summed E-state index contributed by atoms with van der Waals surface area (Å²) in [6.07, 6.45) is 0. The highest BCUT2D eigenvalue weighted by atomic mass is 32.1. The van der Waals surface area contributed by atoms with Crippen molar-refractivity contribution in [2.45, 2.75) is 0 Å². The van der Waals surface area contributed by atoms with Gasteiger partial charge in [-0.25, -0.2) is 0 Å². The first-order chi connectivity index (χ1) is 8.42. The summed E-state index contributed by atoms with van der Waals surface area (Å²) < 4.78 is 1.36. The third kappa shape index (κ3) is 1.29. The Morgan fingerprint density at radius 2 is 1.47 bits per heavy atom. The first-order valence-corrected chi connectivity index (χ1v) is 6.53. The molecule has 4 rings (SSSR count). The van der Waals surface area contributed by atoms with E-state index >= 15 is 0 Å². The molecular formula is C16H10S. The van der Waals surface area contributed by atoms with Gasteiger partial charge in [-0.3, -0.25) is 0 Å². The fraction of sp³-hybridized carbons (Fsp3) is 0. The highest BCUT2D eigenvalue weighted by molar-refractivity contribution is 7.21. The van der Waals surface area contributed by atoms with Crippen LogP contribution in [0, 0.1) is 0 Å². The maximum absolute atomic E-state index is 2.31. The van der Waals surface area contributed by atoms with Crippen LogP contribution in [0.1, 0.15) is 0 Å². The molecule has 2 aliphatic rings. The lowest BCUT2D eigenvalue weighted by molar-refractivity contribution is 1.82. The van der Waals surface area contributed by atoms with E-state index in [4.69, 9.17) is 0 Å². The van der Waals surface area contributed by atoms with Gasteiger partial charge in [0.2, 0.25) is 0 Å². The van der Waals surface area contributed by atoms with E-state index in [-0.39, 0.29) is 0 Å². The minimum Gasteiger partial charge on any atom is -0.135 e. The fourth-order valence-corrected chi connectivity index (χ4v) is 3.51. The van der Waals surface area contributed by atoms with Crippen LogP contribution in [-0.2, 0) is 0 Å². The van der Waals surface area contributed by atoms with Crippen molar-refractivity contribution in [2.75, 3.05) is 0 Å². The molecule has 2 aromatic rings. The van der Waals surface area contributed by atoms with E-state index in [1.165, 1.54) is 31.3 Å². The van der Waals surface area contributed by atoms with E-state index in [0.29, 0.717) is 0 Å². The van der Waals surface area contributed by atoms with Crippen molar-refractivity contribution in [1.82, 2.24) is 0 Å². The standard InChI is InChI=1S/C16H10S/c1-3-7-13-11(5-1)10-16-14(13)9-12-6-2-4-8-15(12)17-16/h1-10H. The van der Waals surface area contributed by atoms with Crippen LogP contribution in [0.25, 0.3) is 31.3 Å². The summed E-state index contributed by atoms with van der Waals surface area (Å²) >= 11 is 1.88. The summed E-state index contributed by atoms with van der Waals surface area (Å²) in [5.74, 6) is 0. The maximum atomic E-state index is 2.31. The van der Waals surface area contributed by atoms with Crippen LogP contribution in [0.2, 0.25) is 0 Å². The number of benzene rings is 2. The SMILES string of the molecule is c1ccc2sc3cc4ccccc4c-3cc2c1. The molecule has 0 unspecified atom stereocenters. The predicted molar refractivity (Wildman–Crippen MR) is 76.0 cm³/mol. The number of rotatable bonds is 0. The predicted octanol–water partition coefficient (Wildman–Crippen LogP) is 5.16. The molecule has 0 atom stereocenters. The van der Waals surface area contributed by atoms with Crippen molar-refractivity contribution >= 4 is 32.2 Å². The van der Waals surface area contributed by atoms with Gasteiger partial charge >= 0.3 is 0 Å². The van der Waals surface area contributed by atoms with Gasteiger partial charge in [-0.05, 0) is 34.4 Å². The quantitative estimate of drug-likeness (QED) is 0.394. The first-order valence-electron chi connectivity index (χ1n) is 5.72. The monoisotopic (exact) mass is 234 g/mol. The Morgan fingerprint density at radius 3 is 2.41 bits per heavy atom. The molecule has 0 saturated heterocycles. The Kier molecular flexibility index (Phi) is 1.79. The van der Waals surface area contributed by atoms with Crippen LogP contribution in [0.4, 0.5) is 0 Å². The lowest BCUT2D eigenvalue weighted by Crippen LogP contribution is -1.73. The molecule has 1 heterocycles. The van der Waals surface area contributed by atoms with Crippen molar-refractivity contribution in [3.63, 3.8) is 0 Å². The molecule has 2 aromatic carbocycles. The summed E-state index contributed by atoms with van der Waals surface area (Å²) in [5, 5.41) is 4.04. The molecule has 0 radical (unpaired) electrons. The van der Waals surface area contributed by atoms with Crippen molar-refractivity contribution < 1.29 is 0 Å². The fourth-order valence-electron chi connectivity index (χ4n) is 2.42. The van der Waals surface area contributed by atoms with Gasteiger partial charge in [0.05, 0.1) is 0 Å². The molecule has 0 N–H and O–H groups in total. The van der Waals surface area contributed by atoms with Crippen LogP contribution < -0.4 is 0 Å². The highest BCUT2D eigenvalue weighted by Crippen LogP contribution is 2.40. The second-order valence-corrected chi connectivity index (χ2v) is 5.38. The van der Waals surface area contributed by atoms with Gasteiger partial charge in [0.25, 0.3) is 0 Å². The third-order valence-corrected chi connectivity index (χ3v) is 4.39. The molecule has 80 valence electrons. The van der Waals surface area contributed by atoms with Gasteiger partial charge in [-0.15, -0.1) is 11.3 Å². The zero-order chi connectivity index (χ0) is 11.2. The second kappa shape index (κ2) is 3.31. The van der Waals surface area contributed by atoms with E-state index in [1.807, 2.05) is 11.3 Å². The molecule has 1 aliphatic heterocycles. The molecule has 17 heavy (non-hydrogen) atoms. The largest absolute Gasteiger partial charge is 0.135 e. The number of hydrogen-bond donors (Lipinski definition) is 0. The van der Waals surface area contributed by atoms with E-state index in [1.54, 1.807) is 0 Å². The van der Waals surface area contributed by atoms with Crippen molar-refractivity contribution in [3.8, 4) is 10.4 Å². The molecule has 0 aromatic heterocycles. The van der Waals surface area contributed by atoms with Crippen molar-refractivity contribution in [2.24, 2.45) is 0 Å². The van der Waals surface area contributed by atoms with Crippen molar-refractivity contribution in [3.05, 3.63) is 60.7 Å². The topological polar surface area (TPSA) is 0 Å². The van der Waals surface area contributed by atoms with Gasteiger partial charge in [0, 0.05) is 15.1 Å². The molecular weight excluding hydrogens is 224 g/mol. The molecule has 1 aliphatic carbocycles.